The Morgan fingerprint density at radius 2 is 1.80 bits per heavy atom. The SMILES string of the molecule is COc1cc(C(c2ccco2)N2CCCNCC2)cc(OC)c1OC. The molecule has 1 N–H and O–H groups in total. The van der Waals surface area contributed by atoms with Crippen molar-refractivity contribution in [3.8, 4) is 17.2 Å². The quantitative estimate of drug-likeness (QED) is 0.868. The van der Waals surface area contributed by atoms with E-state index in [-0.39, 0.29) is 6.04 Å². The van der Waals surface area contributed by atoms with Crippen LogP contribution in [0.3, 0.4) is 0 Å². The van der Waals surface area contributed by atoms with Crippen molar-refractivity contribution in [2.75, 3.05) is 47.5 Å². The van der Waals surface area contributed by atoms with Gasteiger partial charge in [0.05, 0.1) is 33.6 Å². The zero-order valence-corrected chi connectivity index (χ0v) is 15.1. The standard InChI is InChI=1S/C19H26N2O4/c1-22-16-12-14(13-17(23-2)19(16)24-3)18(15-6-4-11-25-15)21-9-5-7-20-8-10-21/h4,6,11-13,18,20H,5,7-10H2,1-3H3. The van der Waals surface area contributed by atoms with E-state index < -0.39 is 0 Å². The maximum atomic E-state index is 5.77. The molecule has 0 spiro atoms. The van der Waals surface area contributed by atoms with Gasteiger partial charge in [-0.3, -0.25) is 4.90 Å². The lowest BCUT2D eigenvalue weighted by molar-refractivity contribution is 0.214. The first-order chi connectivity index (χ1) is 12.3. The lowest BCUT2D eigenvalue weighted by Gasteiger charge is -2.30. The molecule has 2 aromatic rings. The monoisotopic (exact) mass is 346 g/mol. The fourth-order valence-corrected chi connectivity index (χ4v) is 3.39. The summed E-state index contributed by atoms with van der Waals surface area (Å²) in [7, 11) is 4.89. The Bertz CT molecular complexity index is 639. The Kier molecular flexibility index (Phi) is 5.83. The maximum absolute atomic E-state index is 5.77. The smallest absolute Gasteiger partial charge is 0.203 e. The number of nitrogens with zero attached hydrogens (tertiary/aromatic N) is 1. The highest BCUT2D eigenvalue weighted by molar-refractivity contribution is 5.55. The number of hydrogen-bond donors (Lipinski definition) is 1. The lowest BCUT2D eigenvalue weighted by Crippen LogP contribution is -2.32. The topological polar surface area (TPSA) is 56.1 Å². The van der Waals surface area contributed by atoms with Crippen LogP contribution in [0.4, 0.5) is 0 Å². The molecule has 1 atom stereocenters. The predicted molar refractivity (Wildman–Crippen MR) is 95.7 cm³/mol. The third kappa shape index (κ3) is 3.75. The number of rotatable bonds is 6. The van der Waals surface area contributed by atoms with E-state index >= 15 is 0 Å². The third-order valence-electron chi connectivity index (χ3n) is 4.56. The van der Waals surface area contributed by atoms with Gasteiger partial charge in [-0.25, -0.2) is 0 Å². The van der Waals surface area contributed by atoms with Gasteiger partial charge in [-0.05, 0) is 42.8 Å². The lowest BCUT2D eigenvalue weighted by atomic mass is 10.0. The van der Waals surface area contributed by atoms with Gasteiger partial charge in [-0.2, -0.15) is 0 Å². The van der Waals surface area contributed by atoms with E-state index in [0.29, 0.717) is 17.2 Å². The van der Waals surface area contributed by atoms with E-state index in [1.54, 1.807) is 27.6 Å². The van der Waals surface area contributed by atoms with Crippen LogP contribution >= 0.6 is 0 Å². The summed E-state index contributed by atoms with van der Waals surface area (Å²) in [6, 6.07) is 7.96. The van der Waals surface area contributed by atoms with E-state index in [4.69, 9.17) is 18.6 Å². The van der Waals surface area contributed by atoms with E-state index in [2.05, 4.69) is 10.2 Å². The summed E-state index contributed by atoms with van der Waals surface area (Å²) >= 11 is 0. The summed E-state index contributed by atoms with van der Waals surface area (Å²) in [6.07, 6.45) is 2.82. The Morgan fingerprint density at radius 1 is 1.04 bits per heavy atom. The van der Waals surface area contributed by atoms with Crippen molar-refractivity contribution in [1.29, 1.82) is 0 Å². The molecule has 1 fully saturated rings. The highest BCUT2D eigenvalue weighted by Gasteiger charge is 2.28. The van der Waals surface area contributed by atoms with Crippen LogP contribution < -0.4 is 19.5 Å². The summed E-state index contributed by atoms with van der Waals surface area (Å²) in [4.78, 5) is 2.43. The molecule has 1 aromatic heterocycles. The van der Waals surface area contributed by atoms with Crippen LogP contribution in [0.15, 0.2) is 34.9 Å². The van der Waals surface area contributed by atoms with Gasteiger partial charge in [0.15, 0.2) is 11.5 Å². The van der Waals surface area contributed by atoms with Gasteiger partial charge in [0.25, 0.3) is 0 Å². The van der Waals surface area contributed by atoms with Gasteiger partial charge >= 0.3 is 0 Å². The highest BCUT2D eigenvalue weighted by Crippen LogP contribution is 2.42. The highest BCUT2D eigenvalue weighted by atomic mass is 16.5. The summed E-state index contributed by atoms with van der Waals surface area (Å²) in [6.45, 7) is 3.94. The molecule has 0 radical (unpaired) electrons. The Morgan fingerprint density at radius 3 is 2.40 bits per heavy atom. The number of hydrogen-bond acceptors (Lipinski definition) is 6. The summed E-state index contributed by atoms with van der Waals surface area (Å²) in [5.41, 5.74) is 1.06. The minimum atomic E-state index is 0.00334. The molecule has 1 saturated heterocycles. The molecule has 2 heterocycles. The van der Waals surface area contributed by atoms with E-state index in [1.165, 1.54) is 0 Å². The average Bonchev–Trinajstić information content (AvgIpc) is 3.03. The fourth-order valence-electron chi connectivity index (χ4n) is 3.39. The first-order valence-electron chi connectivity index (χ1n) is 8.56. The number of furan rings is 1. The molecule has 6 nitrogen and oxygen atoms in total. The molecule has 0 saturated carbocycles. The second-order valence-electron chi connectivity index (χ2n) is 6.02. The molecule has 0 bridgehead atoms. The van der Waals surface area contributed by atoms with Crippen molar-refractivity contribution in [3.63, 3.8) is 0 Å². The van der Waals surface area contributed by atoms with Crippen LogP contribution in [0.1, 0.15) is 23.8 Å². The van der Waals surface area contributed by atoms with Crippen LogP contribution in [0.2, 0.25) is 0 Å². The molecule has 1 aliphatic heterocycles. The van der Waals surface area contributed by atoms with Crippen molar-refractivity contribution >= 4 is 0 Å². The largest absolute Gasteiger partial charge is 0.493 e. The molecule has 1 aliphatic rings. The molecule has 136 valence electrons. The predicted octanol–water partition coefficient (Wildman–Crippen LogP) is 2.69. The number of benzene rings is 1. The van der Waals surface area contributed by atoms with Crippen molar-refractivity contribution in [2.24, 2.45) is 0 Å². The first kappa shape index (κ1) is 17.6. The first-order valence-corrected chi connectivity index (χ1v) is 8.56. The molecular formula is C19H26N2O4. The van der Waals surface area contributed by atoms with Gasteiger partial charge in [0.1, 0.15) is 5.76 Å². The zero-order chi connectivity index (χ0) is 17.6. The number of nitrogens with one attached hydrogen (secondary N) is 1. The Hall–Kier alpha value is -2.18. The molecule has 6 heteroatoms. The minimum absolute atomic E-state index is 0.00334. The van der Waals surface area contributed by atoms with E-state index in [0.717, 1.165) is 43.9 Å². The van der Waals surface area contributed by atoms with Gasteiger partial charge in [-0.15, -0.1) is 0 Å². The Balaban J connectivity index is 2.06. The summed E-state index contributed by atoms with van der Waals surface area (Å²) in [5, 5.41) is 3.45. The van der Waals surface area contributed by atoms with Gasteiger partial charge in [0.2, 0.25) is 5.75 Å². The maximum Gasteiger partial charge on any atom is 0.203 e. The van der Waals surface area contributed by atoms with Gasteiger partial charge < -0.3 is 23.9 Å². The van der Waals surface area contributed by atoms with E-state index in [1.807, 2.05) is 24.3 Å². The number of methoxy groups -OCH3 is 3. The summed E-state index contributed by atoms with van der Waals surface area (Å²) in [5.74, 6) is 2.82. The van der Waals surface area contributed by atoms with Crippen LogP contribution in [0.5, 0.6) is 17.2 Å². The summed E-state index contributed by atoms with van der Waals surface area (Å²) < 4.78 is 22.3. The molecule has 0 aliphatic carbocycles. The van der Waals surface area contributed by atoms with Crippen LogP contribution in [-0.4, -0.2) is 52.4 Å². The molecule has 1 aromatic carbocycles. The van der Waals surface area contributed by atoms with E-state index in [9.17, 15) is 0 Å². The van der Waals surface area contributed by atoms with Crippen molar-refractivity contribution in [3.05, 3.63) is 41.9 Å². The van der Waals surface area contributed by atoms with Crippen LogP contribution in [-0.2, 0) is 0 Å². The average molecular weight is 346 g/mol. The molecule has 25 heavy (non-hydrogen) atoms. The van der Waals surface area contributed by atoms with Crippen molar-refractivity contribution in [1.82, 2.24) is 10.2 Å². The molecular weight excluding hydrogens is 320 g/mol. The normalized spacial score (nSPS) is 16.9. The Labute approximate surface area is 148 Å². The van der Waals surface area contributed by atoms with Gasteiger partial charge in [0, 0.05) is 19.6 Å². The molecule has 1 unspecified atom stereocenters. The second-order valence-corrected chi connectivity index (χ2v) is 6.02. The van der Waals surface area contributed by atoms with Crippen molar-refractivity contribution < 1.29 is 18.6 Å². The van der Waals surface area contributed by atoms with Crippen LogP contribution in [0.25, 0.3) is 0 Å². The third-order valence-corrected chi connectivity index (χ3v) is 4.56. The molecule has 0 amide bonds. The second kappa shape index (κ2) is 8.27. The number of ether oxygens (including phenoxy) is 3. The fraction of sp³-hybridized carbons (Fsp3) is 0.474. The van der Waals surface area contributed by atoms with Crippen LogP contribution in [0, 0.1) is 0 Å². The van der Waals surface area contributed by atoms with Gasteiger partial charge in [-0.1, -0.05) is 0 Å². The van der Waals surface area contributed by atoms with Crippen molar-refractivity contribution in [2.45, 2.75) is 12.5 Å². The zero-order valence-electron chi connectivity index (χ0n) is 15.1. The molecule has 3 rings (SSSR count). The minimum Gasteiger partial charge on any atom is -0.493 e.